The minimum absolute atomic E-state index is 0.107. The van der Waals surface area contributed by atoms with Crippen LogP contribution in [0.2, 0.25) is 0 Å². The quantitative estimate of drug-likeness (QED) is 0.832. The summed E-state index contributed by atoms with van der Waals surface area (Å²) < 4.78 is 5.79. The number of benzene rings is 2. The predicted octanol–water partition coefficient (Wildman–Crippen LogP) is 3.55. The zero-order valence-corrected chi connectivity index (χ0v) is 15.8. The van der Waals surface area contributed by atoms with E-state index in [-0.39, 0.29) is 12.5 Å². The second-order valence-corrected chi connectivity index (χ2v) is 8.46. The van der Waals surface area contributed by atoms with Crippen molar-refractivity contribution < 1.29 is 9.53 Å². The summed E-state index contributed by atoms with van der Waals surface area (Å²) in [5.74, 6) is 2.78. The van der Waals surface area contributed by atoms with E-state index in [0.717, 1.165) is 55.2 Å². The van der Waals surface area contributed by atoms with E-state index in [0.29, 0.717) is 0 Å². The molecule has 2 aromatic carbocycles. The molecule has 3 aliphatic rings. The van der Waals surface area contributed by atoms with Gasteiger partial charge in [0.05, 0.1) is 0 Å². The van der Waals surface area contributed by atoms with Crippen molar-refractivity contribution >= 4 is 16.7 Å². The Labute approximate surface area is 161 Å². The maximum atomic E-state index is 12.6. The molecule has 2 saturated carbocycles. The van der Waals surface area contributed by atoms with Gasteiger partial charge in [0.1, 0.15) is 5.75 Å². The molecule has 1 heterocycles. The van der Waals surface area contributed by atoms with Crippen LogP contribution in [0.1, 0.15) is 25.7 Å². The highest BCUT2D eigenvalue weighted by Gasteiger charge is 2.42. The fourth-order valence-electron chi connectivity index (χ4n) is 5.45. The van der Waals surface area contributed by atoms with E-state index in [1.54, 1.807) is 0 Å². The highest BCUT2D eigenvalue weighted by Crippen LogP contribution is 2.46. The molecule has 2 aromatic rings. The van der Waals surface area contributed by atoms with Crippen molar-refractivity contribution in [3.05, 3.63) is 42.5 Å². The average Bonchev–Trinajstić information content (AvgIpc) is 3.36. The van der Waals surface area contributed by atoms with Gasteiger partial charge in [-0.2, -0.15) is 0 Å². The molecular formula is C23H28N2O2. The van der Waals surface area contributed by atoms with Crippen LogP contribution in [0.5, 0.6) is 5.75 Å². The summed E-state index contributed by atoms with van der Waals surface area (Å²) >= 11 is 0. The zero-order valence-electron chi connectivity index (χ0n) is 15.8. The molecule has 0 aromatic heterocycles. The fourth-order valence-corrected chi connectivity index (χ4v) is 5.45. The largest absolute Gasteiger partial charge is 0.484 e. The Morgan fingerprint density at radius 3 is 2.52 bits per heavy atom. The Kier molecular flexibility index (Phi) is 4.52. The van der Waals surface area contributed by atoms with Gasteiger partial charge in [0.25, 0.3) is 5.91 Å². The van der Waals surface area contributed by atoms with Crippen molar-refractivity contribution in [3.63, 3.8) is 0 Å². The summed E-state index contributed by atoms with van der Waals surface area (Å²) in [4.78, 5) is 17.2. The molecule has 0 radical (unpaired) electrons. The third-order valence-corrected chi connectivity index (χ3v) is 6.92. The van der Waals surface area contributed by atoms with Crippen LogP contribution in [-0.2, 0) is 4.79 Å². The third kappa shape index (κ3) is 3.43. The SMILES string of the molecule is O=C(COc1ccc2ccccc2c1)N1CCN([C@@H]2C[C@@H]3CC[C@@H]2C3)CC1. The van der Waals surface area contributed by atoms with Crippen LogP contribution in [0.4, 0.5) is 0 Å². The molecule has 27 heavy (non-hydrogen) atoms. The van der Waals surface area contributed by atoms with Crippen LogP contribution in [-0.4, -0.2) is 54.5 Å². The maximum Gasteiger partial charge on any atom is 0.260 e. The van der Waals surface area contributed by atoms with Gasteiger partial charge in [0, 0.05) is 32.2 Å². The number of nitrogens with zero attached hydrogens (tertiary/aromatic N) is 2. The molecule has 1 aliphatic heterocycles. The number of carbonyl (C=O) groups is 1. The highest BCUT2D eigenvalue weighted by molar-refractivity contribution is 5.84. The first kappa shape index (κ1) is 17.1. The van der Waals surface area contributed by atoms with E-state index in [2.05, 4.69) is 17.0 Å². The van der Waals surface area contributed by atoms with E-state index < -0.39 is 0 Å². The number of piperazine rings is 1. The van der Waals surface area contributed by atoms with Gasteiger partial charge in [-0.05, 0) is 54.0 Å². The molecule has 1 saturated heterocycles. The Morgan fingerprint density at radius 1 is 0.963 bits per heavy atom. The summed E-state index contributed by atoms with van der Waals surface area (Å²) in [5.41, 5.74) is 0. The van der Waals surface area contributed by atoms with Crippen LogP contribution in [0, 0.1) is 11.8 Å². The number of fused-ring (bicyclic) bond motifs is 3. The molecule has 0 spiro atoms. The first-order chi connectivity index (χ1) is 13.3. The van der Waals surface area contributed by atoms with Crippen LogP contribution in [0.3, 0.4) is 0 Å². The van der Waals surface area contributed by atoms with Crippen LogP contribution in [0.25, 0.3) is 10.8 Å². The lowest BCUT2D eigenvalue weighted by molar-refractivity contribution is -0.135. The molecule has 2 aliphatic carbocycles. The van der Waals surface area contributed by atoms with E-state index in [1.807, 2.05) is 35.2 Å². The van der Waals surface area contributed by atoms with Crippen molar-refractivity contribution in [2.24, 2.45) is 11.8 Å². The summed E-state index contributed by atoms with van der Waals surface area (Å²) in [7, 11) is 0. The first-order valence-corrected chi connectivity index (χ1v) is 10.4. The van der Waals surface area contributed by atoms with Crippen molar-refractivity contribution in [2.75, 3.05) is 32.8 Å². The lowest BCUT2D eigenvalue weighted by Crippen LogP contribution is -2.53. The lowest BCUT2D eigenvalue weighted by Gasteiger charge is -2.41. The van der Waals surface area contributed by atoms with Crippen molar-refractivity contribution in [2.45, 2.75) is 31.7 Å². The summed E-state index contributed by atoms with van der Waals surface area (Å²) in [6.07, 6.45) is 5.72. The average molecular weight is 364 g/mol. The number of carbonyl (C=O) groups excluding carboxylic acids is 1. The number of amides is 1. The molecular weight excluding hydrogens is 336 g/mol. The van der Waals surface area contributed by atoms with Gasteiger partial charge in [-0.3, -0.25) is 9.69 Å². The molecule has 142 valence electrons. The summed E-state index contributed by atoms with van der Waals surface area (Å²) in [6, 6.07) is 15.0. The smallest absolute Gasteiger partial charge is 0.260 e. The van der Waals surface area contributed by atoms with Crippen molar-refractivity contribution in [3.8, 4) is 5.75 Å². The van der Waals surface area contributed by atoms with Crippen LogP contribution in [0.15, 0.2) is 42.5 Å². The first-order valence-electron chi connectivity index (χ1n) is 10.4. The Bertz CT molecular complexity index is 828. The molecule has 3 fully saturated rings. The van der Waals surface area contributed by atoms with Crippen LogP contribution >= 0.6 is 0 Å². The summed E-state index contributed by atoms with van der Waals surface area (Å²) in [6.45, 7) is 3.86. The van der Waals surface area contributed by atoms with E-state index >= 15 is 0 Å². The Balaban J connectivity index is 1.13. The molecule has 3 atom stereocenters. The second kappa shape index (κ2) is 7.16. The fraction of sp³-hybridized carbons (Fsp3) is 0.522. The monoisotopic (exact) mass is 364 g/mol. The topological polar surface area (TPSA) is 32.8 Å². The van der Waals surface area contributed by atoms with Gasteiger partial charge in [-0.1, -0.05) is 36.8 Å². The molecule has 4 nitrogen and oxygen atoms in total. The minimum atomic E-state index is 0.107. The summed E-state index contributed by atoms with van der Waals surface area (Å²) in [5, 5.41) is 2.33. The maximum absolute atomic E-state index is 12.6. The van der Waals surface area contributed by atoms with Crippen molar-refractivity contribution in [1.29, 1.82) is 0 Å². The number of hydrogen-bond donors (Lipinski definition) is 0. The Morgan fingerprint density at radius 2 is 1.78 bits per heavy atom. The molecule has 1 amide bonds. The molecule has 0 N–H and O–H groups in total. The number of rotatable bonds is 4. The zero-order chi connectivity index (χ0) is 18.2. The second-order valence-electron chi connectivity index (χ2n) is 8.46. The van der Waals surface area contributed by atoms with Gasteiger partial charge in [-0.15, -0.1) is 0 Å². The van der Waals surface area contributed by atoms with E-state index in [1.165, 1.54) is 31.1 Å². The number of hydrogen-bond acceptors (Lipinski definition) is 3. The third-order valence-electron chi connectivity index (χ3n) is 6.92. The standard InChI is InChI=1S/C23H28N2O2/c26-23(16-27-21-8-7-18-3-1-2-4-19(18)15-21)25-11-9-24(10-12-25)22-14-17-5-6-20(22)13-17/h1-4,7-8,15,17,20,22H,5-6,9-14,16H2/t17-,20-,22-/m1/s1. The van der Waals surface area contributed by atoms with Crippen molar-refractivity contribution in [1.82, 2.24) is 9.80 Å². The van der Waals surface area contributed by atoms with E-state index in [9.17, 15) is 4.79 Å². The molecule has 2 bridgehead atoms. The van der Waals surface area contributed by atoms with Gasteiger partial charge in [-0.25, -0.2) is 0 Å². The molecule has 4 heteroatoms. The van der Waals surface area contributed by atoms with Gasteiger partial charge in [0.15, 0.2) is 6.61 Å². The molecule has 0 unspecified atom stereocenters. The highest BCUT2D eigenvalue weighted by atomic mass is 16.5. The van der Waals surface area contributed by atoms with Gasteiger partial charge < -0.3 is 9.64 Å². The molecule has 5 rings (SSSR count). The Hall–Kier alpha value is -2.07. The van der Waals surface area contributed by atoms with E-state index in [4.69, 9.17) is 4.74 Å². The predicted molar refractivity (Wildman–Crippen MR) is 107 cm³/mol. The normalized spacial score (nSPS) is 28.0. The lowest BCUT2D eigenvalue weighted by atomic mass is 9.93. The minimum Gasteiger partial charge on any atom is -0.484 e. The van der Waals surface area contributed by atoms with Crippen LogP contribution < -0.4 is 4.74 Å². The number of ether oxygens (including phenoxy) is 1. The van der Waals surface area contributed by atoms with Gasteiger partial charge >= 0.3 is 0 Å². The van der Waals surface area contributed by atoms with Gasteiger partial charge in [0.2, 0.25) is 0 Å².